The molecule has 3 rings (SSSR count). The molecule has 2 aromatic carbocycles. The molecule has 4 nitrogen and oxygen atoms in total. The van der Waals surface area contributed by atoms with Crippen LogP contribution in [0, 0.1) is 11.6 Å². The van der Waals surface area contributed by atoms with E-state index in [1.807, 2.05) is 0 Å². The highest BCUT2D eigenvalue weighted by molar-refractivity contribution is 6.30. The molecule has 0 spiro atoms. The summed E-state index contributed by atoms with van der Waals surface area (Å²) in [5.41, 5.74) is 0. The number of benzene rings is 2. The van der Waals surface area contributed by atoms with Crippen molar-refractivity contribution < 1.29 is 18.3 Å². The number of ether oxygens (including phenoxy) is 2. The van der Waals surface area contributed by atoms with Gasteiger partial charge in [0.1, 0.15) is 23.1 Å². The minimum atomic E-state index is -0.548. The Bertz CT molecular complexity index is 829. The third kappa shape index (κ3) is 3.92. The molecule has 1 aromatic heterocycles. The van der Waals surface area contributed by atoms with Gasteiger partial charge in [-0.05, 0) is 36.4 Å². The monoisotopic (exact) mass is 334 g/mol. The normalized spacial score (nSPS) is 10.4. The summed E-state index contributed by atoms with van der Waals surface area (Å²) in [5, 5.41) is -0.0683. The molecular formula is C16H9ClF2N2O2. The molecule has 0 bridgehead atoms. The lowest BCUT2D eigenvalue weighted by molar-refractivity contribution is 0.410. The largest absolute Gasteiger partial charge is 0.439 e. The maximum absolute atomic E-state index is 13.1. The van der Waals surface area contributed by atoms with Crippen molar-refractivity contribution in [2.45, 2.75) is 0 Å². The zero-order valence-electron chi connectivity index (χ0n) is 11.5. The number of hydrogen-bond acceptors (Lipinski definition) is 4. The van der Waals surface area contributed by atoms with E-state index in [4.69, 9.17) is 21.1 Å². The van der Waals surface area contributed by atoms with Crippen LogP contribution in [-0.4, -0.2) is 9.97 Å². The predicted octanol–water partition coefficient (Wildman–Crippen LogP) is 4.99. The van der Waals surface area contributed by atoms with Gasteiger partial charge in [0.15, 0.2) is 0 Å². The standard InChI is InChI=1S/C16H9ClF2N2O2/c17-13-9-12(5-6-14(13)19)23-16-20-8-7-15(21-16)22-11-3-1-10(18)2-4-11/h1-9H. The average molecular weight is 335 g/mol. The van der Waals surface area contributed by atoms with Crippen LogP contribution in [0.15, 0.2) is 54.7 Å². The van der Waals surface area contributed by atoms with E-state index in [-0.39, 0.29) is 28.5 Å². The fraction of sp³-hybridized carbons (Fsp3) is 0. The molecule has 0 aliphatic rings. The van der Waals surface area contributed by atoms with Gasteiger partial charge in [0.25, 0.3) is 0 Å². The molecule has 0 unspecified atom stereocenters. The van der Waals surface area contributed by atoms with Gasteiger partial charge in [0.05, 0.1) is 5.02 Å². The van der Waals surface area contributed by atoms with Gasteiger partial charge in [-0.3, -0.25) is 0 Å². The van der Waals surface area contributed by atoms with Crippen LogP contribution < -0.4 is 9.47 Å². The molecule has 3 aromatic rings. The molecule has 0 saturated carbocycles. The van der Waals surface area contributed by atoms with E-state index in [2.05, 4.69) is 9.97 Å². The first kappa shape index (κ1) is 15.2. The van der Waals surface area contributed by atoms with Gasteiger partial charge in [0.2, 0.25) is 5.88 Å². The van der Waals surface area contributed by atoms with Crippen molar-refractivity contribution in [3.63, 3.8) is 0 Å². The average Bonchev–Trinajstić information content (AvgIpc) is 2.54. The van der Waals surface area contributed by atoms with E-state index in [1.54, 1.807) is 0 Å². The summed E-state index contributed by atoms with van der Waals surface area (Å²) in [7, 11) is 0. The fourth-order valence-electron chi connectivity index (χ4n) is 1.70. The lowest BCUT2D eigenvalue weighted by Gasteiger charge is -2.07. The van der Waals surface area contributed by atoms with E-state index < -0.39 is 5.82 Å². The maximum atomic E-state index is 13.1. The molecule has 0 aliphatic carbocycles. The van der Waals surface area contributed by atoms with Crippen molar-refractivity contribution in [1.82, 2.24) is 9.97 Å². The van der Waals surface area contributed by atoms with Crippen molar-refractivity contribution in [3.8, 4) is 23.4 Å². The Kier molecular flexibility index (Phi) is 4.34. The van der Waals surface area contributed by atoms with Crippen molar-refractivity contribution in [2.24, 2.45) is 0 Å². The second-order valence-electron chi connectivity index (χ2n) is 4.41. The van der Waals surface area contributed by atoms with E-state index in [1.165, 1.54) is 54.7 Å². The van der Waals surface area contributed by atoms with Crippen LogP contribution in [0.4, 0.5) is 8.78 Å². The molecule has 0 aliphatic heterocycles. The molecule has 0 amide bonds. The molecule has 0 radical (unpaired) electrons. The SMILES string of the molecule is Fc1ccc(Oc2ccnc(Oc3ccc(F)c(Cl)c3)n2)cc1. The van der Waals surface area contributed by atoms with Crippen molar-refractivity contribution in [2.75, 3.05) is 0 Å². The van der Waals surface area contributed by atoms with Crippen LogP contribution in [0.1, 0.15) is 0 Å². The first-order valence-electron chi connectivity index (χ1n) is 6.49. The molecule has 0 saturated heterocycles. The second-order valence-corrected chi connectivity index (χ2v) is 4.82. The molecule has 116 valence electrons. The van der Waals surface area contributed by atoms with Crippen LogP contribution in [0.2, 0.25) is 5.02 Å². The number of nitrogens with zero attached hydrogens (tertiary/aromatic N) is 2. The van der Waals surface area contributed by atoms with E-state index in [0.29, 0.717) is 5.75 Å². The molecule has 1 heterocycles. The van der Waals surface area contributed by atoms with Gasteiger partial charge in [0, 0.05) is 18.3 Å². The maximum Gasteiger partial charge on any atom is 0.325 e. The number of rotatable bonds is 4. The predicted molar refractivity (Wildman–Crippen MR) is 80.0 cm³/mol. The highest BCUT2D eigenvalue weighted by Gasteiger charge is 2.07. The Morgan fingerprint density at radius 2 is 1.61 bits per heavy atom. The summed E-state index contributed by atoms with van der Waals surface area (Å²) < 4.78 is 36.8. The van der Waals surface area contributed by atoms with Crippen molar-refractivity contribution >= 4 is 11.6 Å². The van der Waals surface area contributed by atoms with Crippen LogP contribution in [0.3, 0.4) is 0 Å². The van der Waals surface area contributed by atoms with Crippen LogP contribution in [0.25, 0.3) is 0 Å². The first-order valence-corrected chi connectivity index (χ1v) is 6.87. The lowest BCUT2D eigenvalue weighted by atomic mass is 10.3. The Morgan fingerprint density at radius 3 is 2.35 bits per heavy atom. The summed E-state index contributed by atoms with van der Waals surface area (Å²) in [6, 6.07) is 10.9. The summed E-state index contributed by atoms with van der Waals surface area (Å²) in [6.45, 7) is 0. The van der Waals surface area contributed by atoms with Crippen LogP contribution in [0.5, 0.6) is 23.4 Å². The number of aromatic nitrogens is 2. The van der Waals surface area contributed by atoms with Crippen LogP contribution in [-0.2, 0) is 0 Å². The lowest BCUT2D eigenvalue weighted by Crippen LogP contribution is -1.94. The Balaban J connectivity index is 1.76. The molecule has 0 fully saturated rings. The van der Waals surface area contributed by atoms with Crippen molar-refractivity contribution in [3.05, 3.63) is 71.4 Å². The number of halogens is 3. The topological polar surface area (TPSA) is 44.2 Å². The summed E-state index contributed by atoms with van der Waals surface area (Å²) in [5.74, 6) is 0.0107. The molecule has 0 N–H and O–H groups in total. The molecule has 23 heavy (non-hydrogen) atoms. The smallest absolute Gasteiger partial charge is 0.325 e. The third-order valence-corrected chi connectivity index (χ3v) is 3.03. The van der Waals surface area contributed by atoms with E-state index in [9.17, 15) is 8.78 Å². The second kappa shape index (κ2) is 6.58. The zero-order chi connectivity index (χ0) is 16.2. The Hall–Kier alpha value is -2.73. The Morgan fingerprint density at radius 1 is 0.870 bits per heavy atom. The molecule has 7 heteroatoms. The van der Waals surface area contributed by atoms with Gasteiger partial charge >= 0.3 is 6.01 Å². The van der Waals surface area contributed by atoms with Gasteiger partial charge < -0.3 is 9.47 Å². The summed E-state index contributed by atoms with van der Waals surface area (Å²) >= 11 is 5.68. The van der Waals surface area contributed by atoms with Gasteiger partial charge in [-0.1, -0.05) is 11.6 Å². The Labute approximate surface area is 135 Å². The van der Waals surface area contributed by atoms with Gasteiger partial charge in [-0.2, -0.15) is 4.98 Å². The van der Waals surface area contributed by atoms with Gasteiger partial charge in [-0.25, -0.2) is 13.8 Å². The quantitative estimate of drug-likeness (QED) is 0.674. The first-order chi connectivity index (χ1) is 11.1. The van der Waals surface area contributed by atoms with E-state index in [0.717, 1.165) is 0 Å². The molecular weight excluding hydrogens is 326 g/mol. The highest BCUT2D eigenvalue weighted by Crippen LogP contribution is 2.26. The van der Waals surface area contributed by atoms with Gasteiger partial charge in [-0.15, -0.1) is 0 Å². The van der Waals surface area contributed by atoms with Crippen LogP contribution >= 0.6 is 11.6 Å². The van der Waals surface area contributed by atoms with Crippen molar-refractivity contribution in [1.29, 1.82) is 0 Å². The van der Waals surface area contributed by atoms with E-state index >= 15 is 0 Å². The highest BCUT2D eigenvalue weighted by atomic mass is 35.5. The minimum Gasteiger partial charge on any atom is -0.439 e. The third-order valence-electron chi connectivity index (χ3n) is 2.74. The minimum absolute atomic E-state index is 0.00675. The summed E-state index contributed by atoms with van der Waals surface area (Å²) in [4.78, 5) is 7.98. The fourth-order valence-corrected chi connectivity index (χ4v) is 1.87. The zero-order valence-corrected chi connectivity index (χ0v) is 12.3. The molecule has 0 atom stereocenters. The summed E-state index contributed by atoms with van der Waals surface area (Å²) in [6.07, 6.45) is 1.44. The number of hydrogen-bond donors (Lipinski definition) is 0.